The molecule has 0 spiro atoms. The van der Waals surface area contributed by atoms with Crippen LogP contribution < -0.4 is 0 Å². The predicted octanol–water partition coefficient (Wildman–Crippen LogP) is 2.61. The van der Waals surface area contributed by atoms with E-state index in [1.807, 2.05) is 0 Å². The van der Waals surface area contributed by atoms with Crippen molar-refractivity contribution < 1.29 is 0 Å². The molecule has 0 heterocycles. The van der Waals surface area contributed by atoms with Crippen LogP contribution in [0, 0.1) is 11.8 Å². The van der Waals surface area contributed by atoms with Gasteiger partial charge in [-0.25, -0.2) is 0 Å². The fraction of sp³-hybridized carbons (Fsp3) is 0.750. The molecule has 1 rings (SSSR count). The van der Waals surface area contributed by atoms with Crippen molar-refractivity contribution in [1.82, 2.24) is 0 Å². The Hall–Kier alpha value is -0.260. The topological polar surface area (TPSA) is 0 Å². The SMILES string of the molecule is CC=C(C)C1CC1C. The zero-order chi connectivity index (χ0) is 6.15. The minimum Gasteiger partial charge on any atom is -0.0884 e. The highest BCUT2D eigenvalue weighted by Gasteiger charge is 2.32. The lowest BCUT2D eigenvalue weighted by atomic mass is 10.1. The molecule has 8 heavy (non-hydrogen) atoms. The van der Waals surface area contributed by atoms with E-state index in [0.29, 0.717) is 0 Å². The molecular weight excluding hydrogens is 96.1 g/mol. The Morgan fingerprint density at radius 1 is 1.62 bits per heavy atom. The van der Waals surface area contributed by atoms with Crippen LogP contribution in [-0.4, -0.2) is 0 Å². The summed E-state index contributed by atoms with van der Waals surface area (Å²) in [5.41, 5.74) is 1.58. The Labute approximate surface area is 51.6 Å². The van der Waals surface area contributed by atoms with Crippen molar-refractivity contribution in [2.45, 2.75) is 27.2 Å². The molecule has 0 aliphatic heterocycles. The zero-order valence-corrected chi connectivity index (χ0v) is 5.94. The third kappa shape index (κ3) is 0.936. The van der Waals surface area contributed by atoms with E-state index in [-0.39, 0.29) is 0 Å². The second-order valence-electron chi connectivity index (χ2n) is 2.85. The Morgan fingerprint density at radius 3 is 2.25 bits per heavy atom. The molecule has 1 aliphatic carbocycles. The van der Waals surface area contributed by atoms with Crippen molar-refractivity contribution in [3.63, 3.8) is 0 Å². The molecule has 0 N–H and O–H groups in total. The molecular formula is C8H14. The summed E-state index contributed by atoms with van der Waals surface area (Å²) in [4.78, 5) is 0. The number of hydrogen-bond acceptors (Lipinski definition) is 0. The van der Waals surface area contributed by atoms with E-state index >= 15 is 0 Å². The van der Waals surface area contributed by atoms with Crippen molar-refractivity contribution in [3.8, 4) is 0 Å². The fourth-order valence-electron chi connectivity index (χ4n) is 1.17. The van der Waals surface area contributed by atoms with Gasteiger partial charge in [0, 0.05) is 0 Å². The summed E-state index contributed by atoms with van der Waals surface area (Å²) in [6.45, 7) is 6.67. The first-order valence-corrected chi connectivity index (χ1v) is 3.38. The van der Waals surface area contributed by atoms with E-state index in [0.717, 1.165) is 11.8 Å². The minimum absolute atomic E-state index is 0.944. The first kappa shape index (κ1) is 5.87. The molecule has 0 saturated heterocycles. The Bertz CT molecular complexity index is 111. The Morgan fingerprint density at radius 2 is 2.12 bits per heavy atom. The van der Waals surface area contributed by atoms with Gasteiger partial charge in [-0.2, -0.15) is 0 Å². The lowest BCUT2D eigenvalue weighted by Gasteiger charge is -1.91. The zero-order valence-electron chi connectivity index (χ0n) is 5.94. The maximum absolute atomic E-state index is 2.32. The van der Waals surface area contributed by atoms with E-state index in [2.05, 4.69) is 26.8 Å². The van der Waals surface area contributed by atoms with Gasteiger partial charge in [0.1, 0.15) is 0 Å². The predicted molar refractivity (Wildman–Crippen MR) is 36.7 cm³/mol. The minimum atomic E-state index is 0.944. The smallest absolute Gasteiger partial charge is 0.0177 e. The van der Waals surface area contributed by atoms with Crippen LogP contribution in [0.2, 0.25) is 0 Å². The Kier molecular flexibility index (Phi) is 1.41. The normalized spacial score (nSPS) is 37.6. The van der Waals surface area contributed by atoms with Crippen LogP contribution in [0.15, 0.2) is 11.6 Å². The summed E-state index contributed by atoms with van der Waals surface area (Å²) >= 11 is 0. The molecule has 0 radical (unpaired) electrons. The molecule has 1 saturated carbocycles. The van der Waals surface area contributed by atoms with Crippen LogP contribution in [0.3, 0.4) is 0 Å². The van der Waals surface area contributed by atoms with Crippen molar-refractivity contribution in [1.29, 1.82) is 0 Å². The summed E-state index contributed by atoms with van der Waals surface area (Å²) < 4.78 is 0. The third-order valence-electron chi connectivity index (χ3n) is 2.15. The van der Waals surface area contributed by atoms with E-state index in [4.69, 9.17) is 0 Å². The fourth-order valence-corrected chi connectivity index (χ4v) is 1.17. The third-order valence-corrected chi connectivity index (χ3v) is 2.15. The second-order valence-corrected chi connectivity index (χ2v) is 2.85. The van der Waals surface area contributed by atoms with Gasteiger partial charge in [0.15, 0.2) is 0 Å². The lowest BCUT2D eigenvalue weighted by Crippen LogP contribution is -1.78. The van der Waals surface area contributed by atoms with E-state index in [1.165, 1.54) is 6.42 Å². The molecule has 46 valence electrons. The first-order valence-electron chi connectivity index (χ1n) is 3.38. The highest BCUT2D eigenvalue weighted by atomic mass is 14.4. The molecule has 2 atom stereocenters. The van der Waals surface area contributed by atoms with Crippen molar-refractivity contribution >= 4 is 0 Å². The molecule has 1 aliphatic rings. The molecule has 0 aromatic carbocycles. The monoisotopic (exact) mass is 110 g/mol. The average Bonchev–Trinajstić information content (AvgIpc) is 2.45. The molecule has 0 heteroatoms. The second kappa shape index (κ2) is 1.93. The Balaban J connectivity index is 2.39. The lowest BCUT2D eigenvalue weighted by molar-refractivity contribution is 0.854. The summed E-state index contributed by atoms with van der Waals surface area (Å²) in [7, 11) is 0. The first-order chi connectivity index (χ1) is 3.75. The quantitative estimate of drug-likeness (QED) is 0.455. The van der Waals surface area contributed by atoms with Gasteiger partial charge in [0.25, 0.3) is 0 Å². The molecule has 0 nitrogen and oxygen atoms in total. The molecule has 0 aromatic heterocycles. The van der Waals surface area contributed by atoms with Gasteiger partial charge in [-0.3, -0.25) is 0 Å². The van der Waals surface area contributed by atoms with Crippen molar-refractivity contribution in [2.24, 2.45) is 11.8 Å². The maximum Gasteiger partial charge on any atom is -0.0177 e. The highest BCUT2D eigenvalue weighted by Crippen LogP contribution is 2.43. The summed E-state index contributed by atoms with van der Waals surface area (Å²) in [6, 6.07) is 0. The van der Waals surface area contributed by atoms with Crippen LogP contribution in [0.25, 0.3) is 0 Å². The average molecular weight is 110 g/mol. The van der Waals surface area contributed by atoms with Gasteiger partial charge >= 0.3 is 0 Å². The van der Waals surface area contributed by atoms with Crippen LogP contribution >= 0.6 is 0 Å². The van der Waals surface area contributed by atoms with E-state index in [9.17, 15) is 0 Å². The summed E-state index contributed by atoms with van der Waals surface area (Å²) in [6.07, 6.45) is 3.66. The highest BCUT2D eigenvalue weighted by molar-refractivity contribution is 5.10. The van der Waals surface area contributed by atoms with Crippen molar-refractivity contribution in [2.75, 3.05) is 0 Å². The molecule has 1 fully saturated rings. The van der Waals surface area contributed by atoms with E-state index < -0.39 is 0 Å². The number of rotatable bonds is 1. The van der Waals surface area contributed by atoms with E-state index in [1.54, 1.807) is 5.57 Å². The maximum atomic E-state index is 2.32. The molecule has 0 bridgehead atoms. The van der Waals surface area contributed by atoms with Gasteiger partial charge in [-0.05, 0) is 32.1 Å². The van der Waals surface area contributed by atoms with Crippen LogP contribution in [0.1, 0.15) is 27.2 Å². The van der Waals surface area contributed by atoms with Crippen molar-refractivity contribution in [3.05, 3.63) is 11.6 Å². The van der Waals surface area contributed by atoms with Crippen LogP contribution in [0.5, 0.6) is 0 Å². The number of hydrogen-bond donors (Lipinski definition) is 0. The summed E-state index contributed by atoms with van der Waals surface area (Å²) in [5.74, 6) is 1.92. The van der Waals surface area contributed by atoms with Crippen LogP contribution in [-0.2, 0) is 0 Å². The van der Waals surface area contributed by atoms with Gasteiger partial charge in [0.2, 0.25) is 0 Å². The molecule has 2 unspecified atom stereocenters. The number of allylic oxidation sites excluding steroid dienone is 2. The van der Waals surface area contributed by atoms with Crippen LogP contribution in [0.4, 0.5) is 0 Å². The van der Waals surface area contributed by atoms with Gasteiger partial charge < -0.3 is 0 Å². The molecule has 0 aromatic rings. The van der Waals surface area contributed by atoms with Gasteiger partial charge in [-0.15, -0.1) is 0 Å². The summed E-state index contributed by atoms with van der Waals surface area (Å²) in [5, 5.41) is 0. The van der Waals surface area contributed by atoms with Gasteiger partial charge in [-0.1, -0.05) is 18.6 Å². The standard InChI is InChI=1S/C8H14/c1-4-6(2)8-5-7(8)3/h4,7-8H,5H2,1-3H3. The molecule has 0 amide bonds. The van der Waals surface area contributed by atoms with Gasteiger partial charge in [0.05, 0.1) is 0 Å². The largest absolute Gasteiger partial charge is 0.0884 e.